The lowest BCUT2D eigenvalue weighted by Crippen LogP contribution is -1.96. The van der Waals surface area contributed by atoms with Gasteiger partial charge in [0, 0.05) is 0 Å². The fraction of sp³-hybridized carbons (Fsp3) is 0. The van der Waals surface area contributed by atoms with Gasteiger partial charge >= 0.3 is 0 Å². The molecular weight excluding hydrogens is 553 g/mol. The van der Waals surface area contributed by atoms with E-state index in [4.69, 9.17) is 0 Å². The van der Waals surface area contributed by atoms with Crippen LogP contribution < -0.4 is 0 Å². The molecule has 0 N–H and O–H groups in total. The number of hydrogen-bond acceptors (Lipinski definition) is 0. The van der Waals surface area contributed by atoms with Crippen molar-refractivity contribution in [3.05, 3.63) is 190 Å². The predicted octanol–water partition coefficient (Wildman–Crippen LogP) is 12.0. The van der Waals surface area contributed by atoms with E-state index in [0.717, 1.165) is 0 Å². The van der Waals surface area contributed by atoms with Gasteiger partial charge in [-0.05, 0) is 110 Å². The van der Waals surface area contributed by atoms with Gasteiger partial charge in [-0.2, -0.15) is 0 Å². The highest BCUT2D eigenvalue weighted by atomic mass is 14.4. The molecule has 0 bridgehead atoms. The summed E-state index contributed by atoms with van der Waals surface area (Å²) >= 11 is 0. The van der Waals surface area contributed by atoms with Crippen molar-refractivity contribution in [1.82, 2.24) is 0 Å². The summed E-state index contributed by atoms with van der Waals surface area (Å²) < 4.78 is 0. The smallest absolute Gasteiger partial charge is 0.0000933 e. The van der Waals surface area contributed by atoms with Gasteiger partial charge in [0.05, 0.1) is 0 Å². The Morgan fingerprint density at radius 2 is 0.717 bits per heavy atom. The van der Waals surface area contributed by atoms with Crippen molar-refractivity contribution in [2.24, 2.45) is 0 Å². The molecule has 0 amide bonds. The largest absolute Gasteiger partial charge is 0.0616 e. The number of fused-ring (bicyclic) bond motifs is 10. The van der Waals surface area contributed by atoms with Crippen molar-refractivity contribution in [1.29, 1.82) is 0 Å². The quantitative estimate of drug-likeness (QED) is 0.191. The molecule has 0 aliphatic heterocycles. The van der Waals surface area contributed by atoms with Gasteiger partial charge in [0.15, 0.2) is 0 Å². The zero-order valence-electron chi connectivity index (χ0n) is 25.0. The molecule has 3 aliphatic rings. The first-order valence-corrected chi connectivity index (χ1v) is 16.1. The Bertz CT molecular complexity index is 2760. The van der Waals surface area contributed by atoms with Crippen LogP contribution in [-0.2, 0) is 0 Å². The lowest BCUT2D eigenvalue weighted by Gasteiger charge is -2.17. The molecule has 0 nitrogen and oxygen atoms in total. The Hall–Kier alpha value is -5.98. The molecule has 8 aromatic rings. The van der Waals surface area contributed by atoms with Crippen LogP contribution in [0.25, 0.3) is 77.5 Å². The highest BCUT2D eigenvalue weighted by Crippen LogP contribution is 2.62. The molecule has 8 aromatic carbocycles. The molecule has 0 unspecified atom stereocenters. The van der Waals surface area contributed by atoms with Crippen LogP contribution >= 0.6 is 0 Å². The van der Waals surface area contributed by atoms with E-state index in [9.17, 15) is 0 Å². The first kappa shape index (κ1) is 24.4. The number of rotatable bonds is 2. The van der Waals surface area contributed by atoms with Crippen LogP contribution in [0.4, 0.5) is 0 Å². The molecule has 0 atom stereocenters. The Morgan fingerprint density at radius 1 is 0.261 bits per heavy atom. The molecule has 0 heterocycles. The third-order valence-electron chi connectivity index (χ3n) is 10.5. The topological polar surface area (TPSA) is 0 Å². The van der Waals surface area contributed by atoms with Gasteiger partial charge in [-0.3, -0.25) is 0 Å². The van der Waals surface area contributed by atoms with Gasteiger partial charge in [-0.15, -0.1) is 0 Å². The summed E-state index contributed by atoms with van der Waals surface area (Å²) in [6, 6.07) is 54.4. The van der Waals surface area contributed by atoms with E-state index in [2.05, 4.69) is 158 Å². The average Bonchev–Trinajstić information content (AvgIpc) is 3.79. The molecule has 11 rings (SSSR count). The summed E-state index contributed by atoms with van der Waals surface area (Å²) in [6.45, 7) is 0. The molecule has 0 radical (unpaired) electrons. The molecule has 0 heteroatoms. The second kappa shape index (κ2) is 8.81. The van der Waals surface area contributed by atoms with Gasteiger partial charge in [0.25, 0.3) is 0 Å². The lowest BCUT2D eigenvalue weighted by atomic mass is 9.86. The Kier molecular flexibility index (Phi) is 4.66. The summed E-state index contributed by atoms with van der Waals surface area (Å²) in [7, 11) is 0. The van der Waals surface area contributed by atoms with E-state index < -0.39 is 0 Å². The first-order valence-electron chi connectivity index (χ1n) is 16.1. The highest BCUT2D eigenvalue weighted by Gasteiger charge is 2.40. The van der Waals surface area contributed by atoms with E-state index in [1.165, 1.54) is 110 Å². The first-order chi connectivity index (χ1) is 22.8. The molecule has 3 aliphatic carbocycles. The van der Waals surface area contributed by atoms with E-state index >= 15 is 0 Å². The predicted molar refractivity (Wildman–Crippen MR) is 197 cm³/mol. The van der Waals surface area contributed by atoms with Crippen molar-refractivity contribution in [3.63, 3.8) is 0 Å². The summed E-state index contributed by atoms with van der Waals surface area (Å²) in [4.78, 5) is 0. The molecule has 0 saturated heterocycles. The van der Waals surface area contributed by atoms with E-state index in [-0.39, 0.29) is 0 Å². The number of hydrogen-bond donors (Lipinski definition) is 0. The Balaban J connectivity index is 1.39. The number of allylic oxidation sites excluding steroid dienone is 2. The molecule has 0 fully saturated rings. The maximum absolute atomic E-state index is 2.39. The van der Waals surface area contributed by atoms with Gasteiger partial charge < -0.3 is 0 Å². The van der Waals surface area contributed by atoms with Crippen LogP contribution in [0.2, 0.25) is 0 Å². The van der Waals surface area contributed by atoms with E-state index in [0.29, 0.717) is 0 Å². The lowest BCUT2D eigenvalue weighted by molar-refractivity contribution is 1.58. The second-order valence-electron chi connectivity index (χ2n) is 12.8. The normalized spacial score (nSPS) is 14.3. The monoisotopic (exact) mass is 578 g/mol. The average molecular weight is 579 g/mol. The summed E-state index contributed by atoms with van der Waals surface area (Å²) in [5, 5.41) is 10.4. The summed E-state index contributed by atoms with van der Waals surface area (Å²) in [6.07, 6.45) is 4.52. The van der Waals surface area contributed by atoms with Crippen molar-refractivity contribution in [2.45, 2.75) is 0 Å². The third kappa shape index (κ3) is 3.04. The maximum Gasteiger partial charge on any atom is -0.0000933 e. The highest BCUT2D eigenvalue weighted by molar-refractivity contribution is 6.41. The van der Waals surface area contributed by atoms with Gasteiger partial charge in [-0.1, -0.05) is 158 Å². The van der Waals surface area contributed by atoms with Crippen LogP contribution in [0.5, 0.6) is 0 Å². The fourth-order valence-electron chi connectivity index (χ4n) is 8.66. The summed E-state index contributed by atoms with van der Waals surface area (Å²) in [5.74, 6) is 0. The van der Waals surface area contributed by atoms with Gasteiger partial charge in [-0.25, -0.2) is 0 Å². The van der Waals surface area contributed by atoms with Crippen LogP contribution in [0.1, 0.15) is 44.5 Å². The number of benzene rings is 8. The van der Waals surface area contributed by atoms with E-state index in [1.807, 2.05) is 0 Å². The van der Waals surface area contributed by atoms with Crippen LogP contribution in [0, 0.1) is 0 Å². The Morgan fingerprint density at radius 3 is 1.37 bits per heavy atom. The van der Waals surface area contributed by atoms with Crippen molar-refractivity contribution >= 4 is 77.5 Å². The Labute approximate surface area is 266 Å². The molecule has 0 spiro atoms. The zero-order chi connectivity index (χ0) is 29.9. The van der Waals surface area contributed by atoms with Crippen LogP contribution in [0.3, 0.4) is 0 Å². The SMILES string of the molecule is C1=Cc2ccc(C3=C4C(=C(c5cccc6ccccc56)c5ccc6ccccc6c54)c4c3ccc3ccccc43)c3cccc1c23. The van der Waals surface area contributed by atoms with Crippen molar-refractivity contribution < 1.29 is 0 Å². The molecular formula is C46H26. The summed E-state index contributed by atoms with van der Waals surface area (Å²) in [5.41, 5.74) is 16.0. The minimum absolute atomic E-state index is 1.27. The van der Waals surface area contributed by atoms with E-state index in [1.54, 1.807) is 0 Å². The molecule has 0 saturated carbocycles. The van der Waals surface area contributed by atoms with Crippen LogP contribution in [0.15, 0.2) is 146 Å². The molecule has 46 heavy (non-hydrogen) atoms. The van der Waals surface area contributed by atoms with Crippen molar-refractivity contribution in [2.75, 3.05) is 0 Å². The minimum Gasteiger partial charge on any atom is -0.0616 e. The molecule has 0 aromatic heterocycles. The van der Waals surface area contributed by atoms with Gasteiger partial charge in [0.1, 0.15) is 0 Å². The van der Waals surface area contributed by atoms with Crippen LogP contribution in [-0.4, -0.2) is 0 Å². The second-order valence-corrected chi connectivity index (χ2v) is 12.8. The third-order valence-corrected chi connectivity index (χ3v) is 10.5. The molecule has 210 valence electrons. The zero-order valence-corrected chi connectivity index (χ0v) is 25.0. The standard InChI is InChI=1S/C46H26/c1-4-14-32-27(9-1)12-7-17-35(32)43-38-25-21-28-10-2-5-15-33(28)41(38)46-44(37-24-23-31-20-19-30-13-8-18-36(37)40(30)31)39-26-22-29-11-3-6-16-34(29)42(39)45(43)46/h1-26H. The van der Waals surface area contributed by atoms with Crippen molar-refractivity contribution in [3.8, 4) is 0 Å². The minimum atomic E-state index is 1.27. The maximum atomic E-state index is 2.39. The fourth-order valence-corrected chi connectivity index (χ4v) is 8.66. The van der Waals surface area contributed by atoms with Gasteiger partial charge in [0.2, 0.25) is 0 Å².